The Hall–Kier alpha value is -4.14. The van der Waals surface area contributed by atoms with Crippen LogP contribution in [0.4, 0.5) is 5.69 Å². The van der Waals surface area contributed by atoms with E-state index in [1.807, 2.05) is 30.3 Å². The molecule has 0 atom stereocenters. The molecule has 0 radical (unpaired) electrons. The molecular weight excluding hydrogens is 346 g/mol. The molecular formula is C18H11N7O2. The predicted molar refractivity (Wildman–Crippen MR) is 97.5 cm³/mol. The Bertz CT molecular complexity index is 1290. The van der Waals surface area contributed by atoms with E-state index in [-0.39, 0.29) is 5.69 Å². The molecule has 9 nitrogen and oxygen atoms in total. The van der Waals surface area contributed by atoms with Crippen LogP contribution >= 0.6 is 0 Å². The predicted octanol–water partition coefficient (Wildman–Crippen LogP) is 3.04. The van der Waals surface area contributed by atoms with Gasteiger partial charge in [-0.2, -0.15) is 5.10 Å². The molecule has 9 heteroatoms. The minimum absolute atomic E-state index is 0.0238. The maximum atomic E-state index is 10.8. The third kappa shape index (κ3) is 2.41. The van der Waals surface area contributed by atoms with E-state index in [2.05, 4.69) is 20.2 Å². The smallest absolute Gasteiger partial charge is 0.258 e. The number of non-ortho nitro benzene ring substituents is 1. The van der Waals surface area contributed by atoms with E-state index in [0.717, 1.165) is 11.1 Å². The summed E-state index contributed by atoms with van der Waals surface area (Å²) < 4.78 is 3.33. The highest BCUT2D eigenvalue weighted by molar-refractivity contribution is 5.90. The summed E-state index contributed by atoms with van der Waals surface area (Å²) in [4.78, 5) is 19.4. The lowest BCUT2D eigenvalue weighted by molar-refractivity contribution is -0.384. The van der Waals surface area contributed by atoms with Crippen LogP contribution in [-0.2, 0) is 0 Å². The molecule has 3 heterocycles. The van der Waals surface area contributed by atoms with Crippen molar-refractivity contribution in [3.8, 4) is 17.1 Å². The van der Waals surface area contributed by atoms with E-state index >= 15 is 0 Å². The van der Waals surface area contributed by atoms with Gasteiger partial charge in [-0.05, 0) is 24.3 Å². The summed E-state index contributed by atoms with van der Waals surface area (Å²) in [6, 6.07) is 15.8. The molecule has 0 unspecified atom stereocenters. The zero-order valence-electron chi connectivity index (χ0n) is 13.8. The lowest BCUT2D eigenvalue weighted by atomic mass is 10.2. The number of rotatable bonds is 3. The Kier molecular flexibility index (Phi) is 3.20. The van der Waals surface area contributed by atoms with E-state index < -0.39 is 4.92 Å². The number of hydrogen-bond acceptors (Lipinski definition) is 6. The molecule has 0 spiro atoms. The second kappa shape index (κ2) is 5.70. The first-order valence-corrected chi connectivity index (χ1v) is 8.10. The molecule has 27 heavy (non-hydrogen) atoms. The van der Waals surface area contributed by atoms with Gasteiger partial charge < -0.3 is 0 Å². The lowest BCUT2D eigenvalue weighted by Gasteiger charge is -2.01. The number of nitrogens with zero attached hydrogens (tertiary/aromatic N) is 7. The van der Waals surface area contributed by atoms with Crippen LogP contribution in [0.15, 0.2) is 67.1 Å². The SMILES string of the molecule is O=[N+]([O-])c1ccc(-c2nc3c4cnn(-c5ccccc5)c4ncn3n2)cc1. The van der Waals surface area contributed by atoms with E-state index in [0.29, 0.717) is 22.7 Å². The number of nitro benzene ring substituents is 1. The number of benzene rings is 2. The normalized spacial score (nSPS) is 11.3. The van der Waals surface area contributed by atoms with Crippen LogP contribution < -0.4 is 0 Å². The van der Waals surface area contributed by atoms with Crippen molar-refractivity contribution >= 4 is 22.4 Å². The third-order valence-electron chi connectivity index (χ3n) is 4.24. The van der Waals surface area contributed by atoms with Gasteiger partial charge in [0.2, 0.25) is 0 Å². The fraction of sp³-hybridized carbons (Fsp3) is 0. The molecule has 5 rings (SSSR count). The van der Waals surface area contributed by atoms with Gasteiger partial charge in [0, 0.05) is 17.7 Å². The topological polar surface area (TPSA) is 104 Å². The van der Waals surface area contributed by atoms with Gasteiger partial charge in [0.1, 0.15) is 6.33 Å². The molecule has 0 fully saturated rings. The van der Waals surface area contributed by atoms with Gasteiger partial charge in [0.05, 0.1) is 22.2 Å². The van der Waals surface area contributed by atoms with Crippen molar-refractivity contribution in [3.05, 3.63) is 77.2 Å². The van der Waals surface area contributed by atoms with Gasteiger partial charge in [-0.1, -0.05) is 18.2 Å². The molecule has 0 amide bonds. The Morgan fingerprint density at radius 1 is 0.963 bits per heavy atom. The monoisotopic (exact) mass is 357 g/mol. The van der Waals surface area contributed by atoms with Crippen molar-refractivity contribution in [2.45, 2.75) is 0 Å². The van der Waals surface area contributed by atoms with Crippen LogP contribution in [-0.4, -0.2) is 34.3 Å². The van der Waals surface area contributed by atoms with Crippen molar-refractivity contribution in [1.29, 1.82) is 0 Å². The van der Waals surface area contributed by atoms with Crippen molar-refractivity contribution in [3.63, 3.8) is 0 Å². The zero-order chi connectivity index (χ0) is 18.4. The number of aromatic nitrogens is 6. The Balaban J connectivity index is 1.64. The molecule has 0 aliphatic rings. The number of nitro groups is 1. The van der Waals surface area contributed by atoms with Gasteiger partial charge in [-0.15, -0.1) is 5.10 Å². The second-order valence-electron chi connectivity index (χ2n) is 5.88. The highest BCUT2D eigenvalue weighted by Gasteiger charge is 2.15. The number of para-hydroxylation sites is 1. The van der Waals surface area contributed by atoms with E-state index in [9.17, 15) is 10.1 Å². The van der Waals surface area contributed by atoms with Crippen LogP contribution in [0, 0.1) is 10.1 Å². The first kappa shape index (κ1) is 15.1. The van der Waals surface area contributed by atoms with Crippen LogP contribution in [0.2, 0.25) is 0 Å². The van der Waals surface area contributed by atoms with Gasteiger partial charge in [-0.3, -0.25) is 10.1 Å². The summed E-state index contributed by atoms with van der Waals surface area (Å²) in [6.07, 6.45) is 3.29. The van der Waals surface area contributed by atoms with E-state index in [1.165, 1.54) is 12.1 Å². The highest BCUT2D eigenvalue weighted by Crippen LogP contribution is 2.24. The molecule has 0 N–H and O–H groups in total. The van der Waals surface area contributed by atoms with Gasteiger partial charge in [-0.25, -0.2) is 19.2 Å². The van der Waals surface area contributed by atoms with Crippen molar-refractivity contribution < 1.29 is 4.92 Å². The summed E-state index contributed by atoms with van der Waals surface area (Å²) in [6.45, 7) is 0. The van der Waals surface area contributed by atoms with E-state index in [1.54, 1.807) is 33.9 Å². The molecule has 2 aromatic carbocycles. The average molecular weight is 357 g/mol. The third-order valence-corrected chi connectivity index (χ3v) is 4.24. The van der Waals surface area contributed by atoms with Gasteiger partial charge in [0.25, 0.3) is 5.69 Å². The first-order chi connectivity index (χ1) is 13.2. The Morgan fingerprint density at radius 2 is 1.74 bits per heavy atom. The van der Waals surface area contributed by atoms with Crippen molar-refractivity contribution in [2.75, 3.05) is 0 Å². The maximum absolute atomic E-state index is 10.8. The lowest BCUT2D eigenvalue weighted by Crippen LogP contribution is -1.98. The molecule has 0 saturated heterocycles. The van der Waals surface area contributed by atoms with E-state index in [4.69, 9.17) is 0 Å². The molecule has 3 aromatic heterocycles. The highest BCUT2D eigenvalue weighted by atomic mass is 16.6. The van der Waals surface area contributed by atoms with Crippen LogP contribution in [0.25, 0.3) is 33.8 Å². The molecule has 0 saturated carbocycles. The van der Waals surface area contributed by atoms with Crippen LogP contribution in [0.1, 0.15) is 0 Å². The standard InChI is InChI=1S/C18H11N7O2/c26-25(27)14-8-6-12(7-9-14)16-21-18-15-10-20-24(13-4-2-1-3-5-13)17(15)19-11-23(18)22-16/h1-11H. The minimum Gasteiger partial charge on any atom is -0.258 e. The minimum atomic E-state index is -0.438. The number of fused-ring (bicyclic) bond motifs is 3. The molecule has 0 aliphatic carbocycles. The summed E-state index contributed by atoms with van der Waals surface area (Å²) in [5.41, 5.74) is 2.91. The summed E-state index contributed by atoms with van der Waals surface area (Å²) >= 11 is 0. The van der Waals surface area contributed by atoms with Crippen molar-refractivity contribution in [2.24, 2.45) is 0 Å². The summed E-state index contributed by atoms with van der Waals surface area (Å²) in [5, 5.41) is 20.4. The van der Waals surface area contributed by atoms with Gasteiger partial charge >= 0.3 is 0 Å². The molecule has 0 bridgehead atoms. The second-order valence-corrected chi connectivity index (χ2v) is 5.88. The fourth-order valence-corrected chi connectivity index (χ4v) is 2.93. The molecule has 5 aromatic rings. The fourth-order valence-electron chi connectivity index (χ4n) is 2.93. The quantitative estimate of drug-likeness (QED) is 0.363. The summed E-state index contributed by atoms with van der Waals surface area (Å²) in [5.74, 6) is 0.464. The Morgan fingerprint density at radius 3 is 2.48 bits per heavy atom. The number of hydrogen-bond donors (Lipinski definition) is 0. The van der Waals surface area contributed by atoms with Crippen LogP contribution in [0.5, 0.6) is 0 Å². The van der Waals surface area contributed by atoms with Gasteiger partial charge in [0.15, 0.2) is 17.1 Å². The zero-order valence-corrected chi connectivity index (χ0v) is 13.8. The summed E-state index contributed by atoms with van der Waals surface area (Å²) in [7, 11) is 0. The Labute approximate surface area is 151 Å². The largest absolute Gasteiger partial charge is 0.269 e. The maximum Gasteiger partial charge on any atom is 0.269 e. The molecule has 0 aliphatic heterocycles. The van der Waals surface area contributed by atoms with Crippen molar-refractivity contribution in [1.82, 2.24) is 29.4 Å². The van der Waals surface area contributed by atoms with Crippen LogP contribution in [0.3, 0.4) is 0 Å². The first-order valence-electron chi connectivity index (χ1n) is 8.10. The molecule has 130 valence electrons. The average Bonchev–Trinajstić information content (AvgIpc) is 3.32.